The Kier molecular flexibility index (Phi) is 6.22. The van der Waals surface area contributed by atoms with Crippen molar-refractivity contribution in [2.24, 2.45) is 4.40 Å². The molecule has 0 fully saturated rings. The maximum Gasteiger partial charge on any atom is 0.144 e. The molecule has 0 bridgehead atoms. The molecule has 0 spiro atoms. The fourth-order valence-electron chi connectivity index (χ4n) is 1.25. The molecule has 0 unspecified atom stereocenters. The molecule has 0 saturated carbocycles. The predicted molar refractivity (Wildman–Crippen MR) is 82.3 cm³/mol. The van der Waals surface area contributed by atoms with E-state index in [9.17, 15) is 4.21 Å². The number of unbranched alkanes of at least 4 members (excludes halogenated alkanes) is 1. The second kappa shape index (κ2) is 7.43. The van der Waals surface area contributed by atoms with Crippen molar-refractivity contribution in [1.29, 1.82) is 0 Å². The summed E-state index contributed by atoms with van der Waals surface area (Å²) in [6.07, 6.45) is 3.84. The first-order valence-electron chi connectivity index (χ1n) is 6.62. The van der Waals surface area contributed by atoms with Gasteiger partial charge in [-0.3, -0.25) is 0 Å². The predicted octanol–water partition coefficient (Wildman–Crippen LogP) is 3.75. The van der Waals surface area contributed by atoms with Gasteiger partial charge in [0, 0.05) is 6.21 Å². The molecule has 3 nitrogen and oxygen atoms in total. The van der Waals surface area contributed by atoms with Gasteiger partial charge in [0.05, 0.1) is 11.4 Å². The SMILES string of the molecule is CCCCOc1ccc(C=N[S@@](=O)C(C)(C)C)cc1. The standard InChI is InChI=1S/C15H23NO2S/c1-5-6-11-18-14-9-7-13(8-10-14)12-16-19(17)15(2,3)4/h7-10,12H,5-6,11H2,1-4H3/t19-/m0/s1. The van der Waals surface area contributed by atoms with Gasteiger partial charge in [0.15, 0.2) is 0 Å². The van der Waals surface area contributed by atoms with E-state index >= 15 is 0 Å². The van der Waals surface area contributed by atoms with Crippen LogP contribution in [0.25, 0.3) is 0 Å². The molecule has 0 N–H and O–H groups in total. The van der Waals surface area contributed by atoms with Crippen LogP contribution in [0.2, 0.25) is 0 Å². The van der Waals surface area contributed by atoms with Gasteiger partial charge < -0.3 is 4.74 Å². The highest BCUT2D eigenvalue weighted by atomic mass is 32.2. The monoisotopic (exact) mass is 281 g/mol. The van der Waals surface area contributed by atoms with Crippen LogP contribution in [0.15, 0.2) is 28.7 Å². The van der Waals surface area contributed by atoms with Crippen molar-refractivity contribution >= 4 is 17.2 Å². The summed E-state index contributed by atoms with van der Waals surface area (Å²) in [5.41, 5.74) is 0.931. The largest absolute Gasteiger partial charge is 0.494 e. The van der Waals surface area contributed by atoms with Crippen molar-refractivity contribution in [3.8, 4) is 5.75 Å². The second-order valence-corrected chi connectivity index (χ2v) is 7.30. The van der Waals surface area contributed by atoms with E-state index in [1.165, 1.54) is 0 Å². The molecule has 4 heteroatoms. The maximum absolute atomic E-state index is 11.8. The molecule has 0 aliphatic heterocycles. The van der Waals surface area contributed by atoms with Crippen LogP contribution in [0.4, 0.5) is 0 Å². The molecule has 0 amide bonds. The van der Waals surface area contributed by atoms with Crippen LogP contribution in [0.5, 0.6) is 5.75 Å². The third-order valence-corrected chi connectivity index (χ3v) is 3.81. The summed E-state index contributed by atoms with van der Waals surface area (Å²) < 4.78 is 21.1. The normalized spacial score (nSPS) is 13.7. The van der Waals surface area contributed by atoms with Gasteiger partial charge in [-0.05, 0) is 57.0 Å². The average molecular weight is 281 g/mol. The fraction of sp³-hybridized carbons (Fsp3) is 0.533. The van der Waals surface area contributed by atoms with E-state index in [0.29, 0.717) is 0 Å². The Balaban J connectivity index is 2.57. The summed E-state index contributed by atoms with van der Waals surface area (Å²) >= 11 is 0. The lowest BCUT2D eigenvalue weighted by atomic mass is 10.2. The smallest absolute Gasteiger partial charge is 0.144 e. The van der Waals surface area contributed by atoms with E-state index in [1.807, 2.05) is 45.0 Å². The first-order chi connectivity index (χ1) is 8.93. The summed E-state index contributed by atoms with van der Waals surface area (Å²) in [5.74, 6) is 0.863. The van der Waals surface area contributed by atoms with Gasteiger partial charge in [-0.15, -0.1) is 0 Å². The van der Waals surface area contributed by atoms with Crippen molar-refractivity contribution in [3.05, 3.63) is 29.8 Å². The van der Waals surface area contributed by atoms with Crippen molar-refractivity contribution < 1.29 is 8.95 Å². The van der Waals surface area contributed by atoms with Crippen LogP contribution in [-0.4, -0.2) is 21.8 Å². The van der Waals surface area contributed by atoms with E-state index in [-0.39, 0.29) is 4.75 Å². The van der Waals surface area contributed by atoms with Crippen LogP contribution >= 0.6 is 0 Å². The summed E-state index contributed by atoms with van der Waals surface area (Å²) in [6, 6.07) is 7.67. The lowest BCUT2D eigenvalue weighted by molar-refractivity contribution is 0.309. The highest BCUT2D eigenvalue weighted by molar-refractivity contribution is 7.85. The number of hydrogen-bond donors (Lipinski definition) is 0. The van der Waals surface area contributed by atoms with Gasteiger partial charge in [-0.25, -0.2) is 4.21 Å². The van der Waals surface area contributed by atoms with Crippen LogP contribution < -0.4 is 4.74 Å². The number of nitrogens with zero attached hydrogens (tertiary/aromatic N) is 1. The fourth-order valence-corrected chi connectivity index (χ4v) is 1.78. The van der Waals surface area contributed by atoms with Gasteiger partial charge in [0.1, 0.15) is 16.7 Å². The van der Waals surface area contributed by atoms with Crippen molar-refractivity contribution in [3.63, 3.8) is 0 Å². The van der Waals surface area contributed by atoms with E-state index in [0.717, 1.165) is 30.8 Å². The third kappa shape index (κ3) is 6.01. The van der Waals surface area contributed by atoms with Gasteiger partial charge in [-0.2, -0.15) is 4.40 Å². The number of benzene rings is 1. The second-order valence-electron chi connectivity index (χ2n) is 5.37. The van der Waals surface area contributed by atoms with E-state index < -0.39 is 11.0 Å². The Hall–Kier alpha value is -1.16. The molecule has 0 saturated heterocycles. The Labute approximate surface area is 118 Å². The third-order valence-electron chi connectivity index (χ3n) is 2.47. The minimum atomic E-state index is -1.21. The molecular formula is C15H23NO2S. The molecule has 106 valence electrons. The summed E-state index contributed by atoms with van der Waals surface area (Å²) in [5, 5.41) is 0. The van der Waals surface area contributed by atoms with E-state index in [4.69, 9.17) is 4.74 Å². The molecule has 1 aromatic carbocycles. The van der Waals surface area contributed by atoms with Gasteiger partial charge in [0.25, 0.3) is 0 Å². The van der Waals surface area contributed by atoms with Gasteiger partial charge in [-0.1, -0.05) is 13.3 Å². The zero-order chi connectivity index (χ0) is 14.3. The molecule has 1 rings (SSSR count). The van der Waals surface area contributed by atoms with Gasteiger partial charge in [0.2, 0.25) is 0 Å². The van der Waals surface area contributed by atoms with E-state index in [1.54, 1.807) is 6.21 Å². The quantitative estimate of drug-likeness (QED) is 0.588. The average Bonchev–Trinajstić information content (AvgIpc) is 2.36. The minimum Gasteiger partial charge on any atom is -0.494 e. The van der Waals surface area contributed by atoms with Crippen LogP contribution in [0.3, 0.4) is 0 Å². The van der Waals surface area contributed by atoms with Crippen LogP contribution in [0, 0.1) is 0 Å². The summed E-state index contributed by atoms with van der Waals surface area (Å²) in [4.78, 5) is 0. The molecule has 0 aliphatic carbocycles. The summed E-state index contributed by atoms with van der Waals surface area (Å²) in [6.45, 7) is 8.61. The topological polar surface area (TPSA) is 38.7 Å². The molecule has 0 aliphatic rings. The molecule has 1 aromatic rings. The highest BCUT2D eigenvalue weighted by Gasteiger charge is 2.17. The molecule has 0 aromatic heterocycles. The Morgan fingerprint density at radius 2 is 1.89 bits per heavy atom. The Bertz CT molecular complexity index is 432. The highest BCUT2D eigenvalue weighted by Crippen LogP contribution is 2.14. The minimum absolute atomic E-state index is 0.320. The first kappa shape index (κ1) is 15.9. The van der Waals surface area contributed by atoms with E-state index in [2.05, 4.69) is 11.3 Å². The number of ether oxygens (including phenoxy) is 1. The molecule has 0 heterocycles. The lowest BCUT2D eigenvalue weighted by Crippen LogP contribution is -2.19. The maximum atomic E-state index is 11.8. The molecule has 19 heavy (non-hydrogen) atoms. The molecule has 0 radical (unpaired) electrons. The van der Waals surface area contributed by atoms with Gasteiger partial charge >= 0.3 is 0 Å². The lowest BCUT2D eigenvalue weighted by Gasteiger charge is -2.12. The zero-order valence-corrected chi connectivity index (χ0v) is 13.0. The van der Waals surface area contributed by atoms with Crippen LogP contribution in [0.1, 0.15) is 46.1 Å². The number of rotatable bonds is 6. The van der Waals surface area contributed by atoms with Crippen LogP contribution in [-0.2, 0) is 11.0 Å². The van der Waals surface area contributed by atoms with Crippen molar-refractivity contribution in [2.45, 2.75) is 45.3 Å². The molecular weight excluding hydrogens is 258 g/mol. The van der Waals surface area contributed by atoms with Crippen molar-refractivity contribution in [2.75, 3.05) is 6.61 Å². The summed E-state index contributed by atoms with van der Waals surface area (Å²) in [7, 11) is -1.21. The zero-order valence-electron chi connectivity index (χ0n) is 12.2. The first-order valence-corrected chi connectivity index (χ1v) is 7.73. The Morgan fingerprint density at radius 1 is 1.26 bits per heavy atom. The molecule has 1 atom stereocenters. The van der Waals surface area contributed by atoms with Crippen molar-refractivity contribution in [1.82, 2.24) is 0 Å². The Morgan fingerprint density at radius 3 is 2.42 bits per heavy atom. The number of hydrogen-bond acceptors (Lipinski definition) is 2.